The van der Waals surface area contributed by atoms with Crippen LogP contribution in [-0.4, -0.2) is 66.9 Å². The lowest BCUT2D eigenvalue weighted by Gasteiger charge is -2.33. The maximum Gasteiger partial charge on any atom is 0.239 e. The van der Waals surface area contributed by atoms with Crippen LogP contribution in [-0.2, 0) is 9.59 Å². The van der Waals surface area contributed by atoms with Gasteiger partial charge in [0.25, 0.3) is 0 Å². The van der Waals surface area contributed by atoms with E-state index in [1.54, 1.807) is 0 Å². The van der Waals surface area contributed by atoms with Crippen molar-refractivity contribution < 1.29 is 9.59 Å². The standard InChI is InChI=1S/C18H34N4O2/c1-14(2)16(19)18(24)22-12-6-15(7-13-22)17(23)20-8-5-11-21-9-3-4-10-21/h14-16H,3-13,19H2,1-2H3,(H,20,23)/t16-/m0/s1. The number of amides is 2. The van der Waals surface area contributed by atoms with E-state index >= 15 is 0 Å². The minimum absolute atomic E-state index is 0.0227. The van der Waals surface area contributed by atoms with Crippen molar-refractivity contribution in [2.24, 2.45) is 17.6 Å². The molecule has 0 unspecified atom stereocenters. The van der Waals surface area contributed by atoms with E-state index in [0.717, 1.165) is 32.4 Å². The van der Waals surface area contributed by atoms with E-state index in [9.17, 15) is 9.59 Å². The molecule has 0 aliphatic carbocycles. The third-order valence-corrected chi connectivity index (χ3v) is 5.33. The Morgan fingerprint density at radius 1 is 1.12 bits per heavy atom. The second kappa shape index (κ2) is 9.37. The molecule has 2 heterocycles. The van der Waals surface area contributed by atoms with Crippen molar-refractivity contribution in [1.29, 1.82) is 0 Å². The van der Waals surface area contributed by atoms with Gasteiger partial charge in [-0.05, 0) is 57.7 Å². The van der Waals surface area contributed by atoms with Gasteiger partial charge in [-0.15, -0.1) is 0 Å². The van der Waals surface area contributed by atoms with Crippen LogP contribution in [0.5, 0.6) is 0 Å². The Morgan fingerprint density at radius 3 is 2.33 bits per heavy atom. The zero-order chi connectivity index (χ0) is 17.5. The Morgan fingerprint density at radius 2 is 1.75 bits per heavy atom. The third-order valence-electron chi connectivity index (χ3n) is 5.33. The fraction of sp³-hybridized carbons (Fsp3) is 0.889. The molecule has 6 nitrogen and oxygen atoms in total. The fourth-order valence-corrected chi connectivity index (χ4v) is 3.52. The number of likely N-dealkylation sites (tertiary alicyclic amines) is 2. The molecule has 6 heteroatoms. The molecule has 2 amide bonds. The Labute approximate surface area is 146 Å². The van der Waals surface area contributed by atoms with Crippen molar-refractivity contribution in [1.82, 2.24) is 15.1 Å². The monoisotopic (exact) mass is 338 g/mol. The third kappa shape index (κ3) is 5.45. The molecule has 24 heavy (non-hydrogen) atoms. The van der Waals surface area contributed by atoms with Gasteiger partial charge < -0.3 is 20.9 Å². The molecule has 0 saturated carbocycles. The summed E-state index contributed by atoms with van der Waals surface area (Å²) in [6.45, 7) is 9.47. The van der Waals surface area contributed by atoms with Crippen LogP contribution in [0.2, 0.25) is 0 Å². The zero-order valence-electron chi connectivity index (χ0n) is 15.3. The average Bonchev–Trinajstić information content (AvgIpc) is 3.10. The predicted molar refractivity (Wildman–Crippen MR) is 95.4 cm³/mol. The highest BCUT2D eigenvalue weighted by atomic mass is 16.2. The first-order chi connectivity index (χ1) is 11.5. The predicted octanol–water partition coefficient (Wildman–Crippen LogP) is 0.810. The maximum absolute atomic E-state index is 12.3. The van der Waals surface area contributed by atoms with E-state index in [-0.39, 0.29) is 23.7 Å². The van der Waals surface area contributed by atoms with Crippen LogP contribution in [0.3, 0.4) is 0 Å². The quantitative estimate of drug-likeness (QED) is 0.674. The average molecular weight is 338 g/mol. The van der Waals surface area contributed by atoms with Crippen molar-refractivity contribution in [2.45, 2.75) is 52.0 Å². The molecule has 0 bridgehead atoms. The molecule has 2 rings (SSSR count). The summed E-state index contributed by atoms with van der Waals surface area (Å²) in [6, 6.07) is -0.430. The summed E-state index contributed by atoms with van der Waals surface area (Å²) in [7, 11) is 0. The summed E-state index contributed by atoms with van der Waals surface area (Å²) in [4.78, 5) is 28.8. The van der Waals surface area contributed by atoms with Crippen molar-refractivity contribution >= 4 is 11.8 Å². The van der Waals surface area contributed by atoms with Gasteiger partial charge in [0.05, 0.1) is 6.04 Å². The summed E-state index contributed by atoms with van der Waals surface area (Å²) >= 11 is 0. The summed E-state index contributed by atoms with van der Waals surface area (Å²) < 4.78 is 0. The Kier molecular flexibility index (Phi) is 7.49. The number of hydrogen-bond acceptors (Lipinski definition) is 4. The lowest BCUT2D eigenvalue weighted by atomic mass is 9.94. The van der Waals surface area contributed by atoms with E-state index in [1.165, 1.54) is 25.9 Å². The van der Waals surface area contributed by atoms with Gasteiger partial charge in [-0.25, -0.2) is 0 Å². The van der Waals surface area contributed by atoms with E-state index < -0.39 is 6.04 Å². The molecular formula is C18H34N4O2. The number of piperidine rings is 1. The Balaban J connectivity index is 1.62. The second-order valence-electron chi connectivity index (χ2n) is 7.56. The number of hydrogen-bond donors (Lipinski definition) is 2. The molecule has 0 aromatic rings. The van der Waals surface area contributed by atoms with Gasteiger partial charge in [-0.1, -0.05) is 13.8 Å². The van der Waals surface area contributed by atoms with Crippen LogP contribution in [0.25, 0.3) is 0 Å². The van der Waals surface area contributed by atoms with Gasteiger partial charge in [0, 0.05) is 25.6 Å². The van der Waals surface area contributed by atoms with Crippen LogP contribution in [0.1, 0.15) is 46.0 Å². The van der Waals surface area contributed by atoms with E-state index in [4.69, 9.17) is 5.73 Å². The van der Waals surface area contributed by atoms with Crippen molar-refractivity contribution in [3.05, 3.63) is 0 Å². The molecule has 1 atom stereocenters. The SMILES string of the molecule is CC(C)[C@H](N)C(=O)N1CCC(C(=O)NCCCN2CCCC2)CC1. The molecule has 138 valence electrons. The first-order valence-electron chi connectivity index (χ1n) is 9.53. The maximum atomic E-state index is 12.3. The first-order valence-corrected chi connectivity index (χ1v) is 9.53. The number of nitrogens with two attached hydrogens (primary N) is 1. The summed E-state index contributed by atoms with van der Waals surface area (Å²) in [5, 5.41) is 3.07. The van der Waals surface area contributed by atoms with Crippen LogP contribution in [0.4, 0.5) is 0 Å². The normalized spacial score (nSPS) is 21.2. The summed E-state index contributed by atoms with van der Waals surface area (Å²) in [6.07, 6.45) is 5.13. The molecule has 2 saturated heterocycles. The van der Waals surface area contributed by atoms with Crippen LogP contribution in [0, 0.1) is 11.8 Å². The van der Waals surface area contributed by atoms with Gasteiger partial charge in [0.1, 0.15) is 0 Å². The molecule has 0 spiro atoms. The molecule has 2 aliphatic heterocycles. The molecule has 3 N–H and O–H groups in total. The summed E-state index contributed by atoms with van der Waals surface area (Å²) in [5.41, 5.74) is 5.94. The van der Waals surface area contributed by atoms with Crippen LogP contribution >= 0.6 is 0 Å². The minimum atomic E-state index is -0.430. The van der Waals surface area contributed by atoms with Crippen molar-refractivity contribution in [3.63, 3.8) is 0 Å². The largest absolute Gasteiger partial charge is 0.356 e. The second-order valence-corrected chi connectivity index (χ2v) is 7.56. The molecule has 0 radical (unpaired) electrons. The van der Waals surface area contributed by atoms with E-state index in [2.05, 4.69) is 10.2 Å². The molecular weight excluding hydrogens is 304 g/mol. The number of rotatable bonds is 7. The number of carbonyl (C=O) groups excluding carboxylic acids is 2. The first kappa shape index (κ1) is 19.2. The highest BCUT2D eigenvalue weighted by Gasteiger charge is 2.30. The Hall–Kier alpha value is -1.14. The van der Waals surface area contributed by atoms with E-state index in [1.807, 2.05) is 18.7 Å². The molecule has 2 aliphatic rings. The Bertz CT molecular complexity index is 413. The van der Waals surface area contributed by atoms with E-state index in [0.29, 0.717) is 13.1 Å². The molecule has 0 aromatic carbocycles. The van der Waals surface area contributed by atoms with Gasteiger partial charge in [0.15, 0.2) is 0 Å². The summed E-state index contributed by atoms with van der Waals surface area (Å²) in [5.74, 6) is 0.358. The number of nitrogens with zero attached hydrogens (tertiary/aromatic N) is 2. The van der Waals surface area contributed by atoms with Gasteiger partial charge >= 0.3 is 0 Å². The van der Waals surface area contributed by atoms with Gasteiger partial charge in [0.2, 0.25) is 11.8 Å². The lowest BCUT2D eigenvalue weighted by Crippen LogP contribution is -2.50. The topological polar surface area (TPSA) is 78.7 Å². The molecule has 0 aromatic heterocycles. The van der Waals surface area contributed by atoms with Gasteiger partial charge in [-0.2, -0.15) is 0 Å². The fourth-order valence-electron chi connectivity index (χ4n) is 3.52. The zero-order valence-corrected chi connectivity index (χ0v) is 15.3. The minimum Gasteiger partial charge on any atom is -0.356 e. The molecule has 2 fully saturated rings. The van der Waals surface area contributed by atoms with Crippen LogP contribution in [0.15, 0.2) is 0 Å². The van der Waals surface area contributed by atoms with Gasteiger partial charge in [-0.3, -0.25) is 9.59 Å². The lowest BCUT2D eigenvalue weighted by molar-refractivity contribution is -0.137. The van der Waals surface area contributed by atoms with Crippen molar-refractivity contribution in [2.75, 3.05) is 39.3 Å². The highest BCUT2D eigenvalue weighted by molar-refractivity contribution is 5.83. The number of nitrogens with one attached hydrogen (secondary N) is 1. The van der Waals surface area contributed by atoms with Crippen LogP contribution < -0.4 is 11.1 Å². The van der Waals surface area contributed by atoms with Crippen molar-refractivity contribution in [3.8, 4) is 0 Å². The highest BCUT2D eigenvalue weighted by Crippen LogP contribution is 2.19. The number of carbonyl (C=O) groups is 2. The smallest absolute Gasteiger partial charge is 0.239 e.